The molecular weight excluding hydrogens is 637 g/mol. The lowest BCUT2D eigenvalue weighted by Gasteiger charge is -2.20. The van der Waals surface area contributed by atoms with Crippen LogP contribution < -0.4 is 0 Å². The highest BCUT2D eigenvalue weighted by atomic mass is 15.1. The Morgan fingerprint density at radius 3 is 1.21 bits per heavy atom. The molecule has 0 amide bonds. The normalized spacial score (nSPS) is 11.4. The summed E-state index contributed by atoms with van der Waals surface area (Å²) in [5.74, 6) is 1.51. The van der Waals surface area contributed by atoms with Gasteiger partial charge < -0.3 is 9.13 Å². The first-order valence-corrected chi connectivity index (χ1v) is 17.2. The van der Waals surface area contributed by atoms with Crippen molar-refractivity contribution in [2.45, 2.75) is 0 Å². The van der Waals surface area contributed by atoms with E-state index < -0.39 is 0 Å². The lowest BCUT2D eigenvalue weighted by atomic mass is 10.0. The molecule has 0 atom stereocenters. The molecule has 3 heterocycles. The highest BCUT2D eigenvalue weighted by molar-refractivity contribution is 6.12. The molecule has 6 nitrogen and oxygen atoms in total. The molecule has 0 aliphatic rings. The first-order chi connectivity index (χ1) is 25.8. The summed E-state index contributed by atoms with van der Waals surface area (Å²) in [6.45, 7) is 0. The van der Waals surface area contributed by atoms with Crippen LogP contribution in [0.1, 0.15) is 5.56 Å². The van der Waals surface area contributed by atoms with Gasteiger partial charge >= 0.3 is 0 Å². The van der Waals surface area contributed by atoms with Crippen LogP contribution >= 0.6 is 0 Å². The number of fused-ring (bicyclic) bond motifs is 6. The number of hydrogen-bond donors (Lipinski definition) is 0. The monoisotopic (exact) mass is 664 g/mol. The van der Waals surface area contributed by atoms with Crippen LogP contribution in [0.4, 0.5) is 0 Å². The van der Waals surface area contributed by atoms with Crippen molar-refractivity contribution in [3.05, 3.63) is 175 Å². The number of rotatable bonds is 5. The molecule has 0 saturated carbocycles. The van der Waals surface area contributed by atoms with Crippen LogP contribution in [-0.4, -0.2) is 24.1 Å². The zero-order valence-corrected chi connectivity index (χ0v) is 27.8. The minimum atomic E-state index is 0.431. The number of nitriles is 1. The molecule has 0 spiro atoms. The lowest BCUT2D eigenvalue weighted by molar-refractivity contribution is 1.06. The highest BCUT2D eigenvalue weighted by Crippen LogP contribution is 2.41. The Labute approximate surface area is 299 Å². The molecule has 0 radical (unpaired) electrons. The Bertz CT molecular complexity index is 2860. The molecule has 0 unspecified atom stereocenters. The maximum Gasteiger partial charge on any atom is 0.165 e. The minimum Gasteiger partial charge on any atom is -0.307 e. The second-order valence-electron chi connectivity index (χ2n) is 12.7. The van der Waals surface area contributed by atoms with E-state index in [1.165, 1.54) is 0 Å². The van der Waals surface area contributed by atoms with Crippen molar-refractivity contribution in [2.24, 2.45) is 0 Å². The van der Waals surface area contributed by atoms with E-state index in [0.29, 0.717) is 28.6 Å². The predicted molar refractivity (Wildman–Crippen MR) is 210 cm³/mol. The van der Waals surface area contributed by atoms with Gasteiger partial charge in [0.25, 0.3) is 0 Å². The number of benzene rings is 7. The van der Waals surface area contributed by atoms with E-state index in [1.54, 1.807) is 0 Å². The zero-order chi connectivity index (χ0) is 34.6. The van der Waals surface area contributed by atoms with Crippen LogP contribution in [0, 0.1) is 11.3 Å². The van der Waals surface area contributed by atoms with Crippen molar-refractivity contribution < 1.29 is 0 Å². The van der Waals surface area contributed by atoms with E-state index >= 15 is 0 Å². The Morgan fingerprint density at radius 1 is 0.385 bits per heavy atom. The molecule has 242 valence electrons. The summed E-state index contributed by atoms with van der Waals surface area (Å²) in [6, 6.07) is 60.3. The standard InChI is InChI=1S/C46H28N6/c47-29-37-36(46-49-44(30-15-3-1-4-16-30)48-45(50-46)31-17-5-2-6-18-31)27-28-42(51-38-23-11-7-19-32(38)33-20-8-12-24-39(33)51)43(37)52-40-25-13-9-21-34(40)35-22-10-14-26-41(35)52/h1-28H. The van der Waals surface area contributed by atoms with E-state index in [9.17, 15) is 5.26 Å². The number of aromatic nitrogens is 5. The van der Waals surface area contributed by atoms with Gasteiger partial charge in [0.05, 0.1) is 39.0 Å². The summed E-state index contributed by atoms with van der Waals surface area (Å²) in [6.07, 6.45) is 0. The van der Waals surface area contributed by atoms with Crippen LogP contribution in [0.25, 0.3) is 89.2 Å². The Morgan fingerprint density at radius 2 is 0.769 bits per heavy atom. The van der Waals surface area contributed by atoms with Crippen molar-refractivity contribution in [3.8, 4) is 51.6 Å². The van der Waals surface area contributed by atoms with Gasteiger partial charge in [0.15, 0.2) is 17.5 Å². The number of hydrogen-bond acceptors (Lipinski definition) is 4. The van der Waals surface area contributed by atoms with Crippen LogP contribution in [0.3, 0.4) is 0 Å². The largest absolute Gasteiger partial charge is 0.307 e. The Kier molecular flexibility index (Phi) is 6.76. The van der Waals surface area contributed by atoms with Gasteiger partial charge in [0, 0.05) is 38.2 Å². The van der Waals surface area contributed by atoms with Gasteiger partial charge in [0.1, 0.15) is 6.07 Å². The fourth-order valence-electron chi connectivity index (χ4n) is 7.56. The van der Waals surface area contributed by atoms with E-state index in [2.05, 4.69) is 118 Å². The van der Waals surface area contributed by atoms with Gasteiger partial charge in [-0.15, -0.1) is 0 Å². The average molecular weight is 665 g/mol. The van der Waals surface area contributed by atoms with Gasteiger partial charge in [-0.05, 0) is 36.4 Å². The molecule has 3 aromatic heterocycles. The third-order valence-corrected chi connectivity index (χ3v) is 9.83. The average Bonchev–Trinajstić information content (AvgIpc) is 3.73. The zero-order valence-electron chi connectivity index (χ0n) is 27.8. The second kappa shape index (κ2) is 11.9. The maximum atomic E-state index is 11.4. The molecule has 7 aromatic carbocycles. The van der Waals surface area contributed by atoms with E-state index in [-0.39, 0.29) is 0 Å². The minimum absolute atomic E-state index is 0.431. The molecule has 0 fully saturated rings. The third-order valence-electron chi connectivity index (χ3n) is 9.83. The van der Waals surface area contributed by atoms with Crippen molar-refractivity contribution in [2.75, 3.05) is 0 Å². The van der Waals surface area contributed by atoms with E-state index in [4.69, 9.17) is 15.0 Å². The Hall–Kier alpha value is -7.36. The SMILES string of the molecule is N#Cc1c(-c2nc(-c3ccccc3)nc(-c3ccccc3)n2)ccc(-n2c3ccccc3c3ccccc32)c1-n1c2ccccc2c2ccccc21. The van der Waals surface area contributed by atoms with Crippen molar-refractivity contribution in [3.63, 3.8) is 0 Å². The summed E-state index contributed by atoms with van der Waals surface area (Å²) in [7, 11) is 0. The van der Waals surface area contributed by atoms with Crippen LogP contribution in [0.2, 0.25) is 0 Å². The lowest BCUT2D eigenvalue weighted by Crippen LogP contribution is -2.08. The molecule has 0 N–H and O–H groups in total. The number of para-hydroxylation sites is 4. The first-order valence-electron chi connectivity index (χ1n) is 17.2. The van der Waals surface area contributed by atoms with E-state index in [0.717, 1.165) is 66.1 Å². The summed E-state index contributed by atoms with van der Waals surface area (Å²) < 4.78 is 4.52. The summed E-state index contributed by atoms with van der Waals surface area (Å²) >= 11 is 0. The molecule has 0 bridgehead atoms. The van der Waals surface area contributed by atoms with Crippen LogP contribution in [0.15, 0.2) is 170 Å². The molecule has 6 heteroatoms. The molecular formula is C46H28N6. The van der Waals surface area contributed by atoms with Crippen molar-refractivity contribution in [1.29, 1.82) is 5.26 Å². The van der Waals surface area contributed by atoms with Crippen LogP contribution in [0.5, 0.6) is 0 Å². The quantitative estimate of drug-likeness (QED) is 0.184. The van der Waals surface area contributed by atoms with Gasteiger partial charge in [-0.3, -0.25) is 0 Å². The summed E-state index contributed by atoms with van der Waals surface area (Å²) in [5.41, 5.74) is 8.58. The van der Waals surface area contributed by atoms with Crippen molar-refractivity contribution in [1.82, 2.24) is 24.1 Å². The maximum absolute atomic E-state index is 11.4. The topological polar surface area (TPSA) is 72.3 Å². The molecule has 52 heavy (non-hydrogen) atoms. The molecule has 0 saturated heterocycles. The smallest absolute Gasteiger partial charge is 0.165 e. The van der Waals surface area contributed by atoms with Gasteiger partial charge in [-0.1, -0.05) is 133 Å². The van der Waals surface area contributed by atoms with Crippen LogP contribution in [-0.2, 0) is 0 Å². The fourth-order valence-corrected chi connectivity index (χ4v) is 7.56. The van der Waals surface area contributed by atoms with Gasteiger partial charge in [-0.25, -0.2) is 15.0 Å². The molecule has 10 aromatic rings. The van der Waals surface area contributed by atoms with Gasteiger partial charge in [0.2, 0.25) is 0 Å². The first kappa shape index (κ1) is 29.5. The number of nitrogens with zero attached hydrogens (tertiary/aromatic N) is 6. The van der Waals surface area contributed by atoms with Gasteiger partial charge in [-0.2, -0.15) is 5.26 Å². The third kappa shape index (κ3) is 4.54. The molecule has 10 rings (SSSR count). The molecule has 0 aliphatic heterocycles. The van der Waals surface area contributed by atoms with Crippen molar-refractivity contribution >= 4 is 43.6 Å². The Balaban J connectivity index is 1.36. The summed E-state index contributed by atoms with van der Waals surface area (Å²) in [5, 5.41) is 15.9. The second-order valence-corrected chi connectivity index (χ2v) is 12.7. The predicted octanol–water partition coefficient (Wildman–Crippen LogP) is 10.9. The molecule has 0 aliphatic carbocycles. The van der Waals surface area contributed by atoms with E-state index in [1.807, 2.05) is 66.7 Å². The summed E-state index contributed by atoms with van der Waals surface area (Å²) in [4.78, 5) is 15.0. The fraction of sp³-hybridized carbons (Fsp3) is 0. The highest BCUT2D eigenvalue weighted by Gasteiger charge is 2.25.